The van der Waals surface area contributed by atoms with Crippen LogP contribution in [0.15, 0.2) is 64.6 Å². The van der Waals surface area contributed by atoms with Gasteiger partial charge in [0.25, 0.3) is 5.91 Å². The van der Waals surface area contributed by atoms with Crippen LogP contribution in [0.1, 0.15) is 17.5 Å². The summed E-state index contributed by atoms with van der Waals surface area (Å²) in [7, 11) is 0. The Morgan fingerprint density at radius 3 is 2.60 bits per heavy atom. The van der Waals surface area contributed by atoms with Crippen LogP contribution in [0.25, 0.3) is 0 Å². The number of hydrogen-bond acceptors (Lipinski definition) is 6. The number of carbonyl (C=O) groups is 3. The number of primary amides is 1. The standard InChI is InChI=1S/C21H19N5O3S/c22-17(27)12-30-21-25-15-9-5-4-8-14(15)19-24-16(20(29)26(19)21)10-18(28)23-11-13-6-2-1-3-7-13/h1-9,16H,10-12H2,(H2,22,27)(H,23,28). The number of thioether (sulfide) groups is 1. The molecule has 0 aliphatic carbocycles. The number of carbonyl (C=O) groups excluding carboxylic acids is 3. The fourth-order valence-corrected chi connectivity index (χ4v) is 3.95. The lowest BCUT2D eigenvalue weighted by atomic mass is 10.1. The maximum atomic E-state index is 13.0. The second kappa shape index (κ2) is 8.50. The molecular weight excluding hydrogens is 402 g/mol. The summed E-state index contributed by atoms with van der Waals surface area (Å²) >= 11 is 1.08. The molecule has 0 aromatic heterocycles. The van der Waals surface area contributed by atoms with E-state index < -0.39 is 11.9 Å². The smallest absolute Gasteiger partial charge is 0.259 e. The van der Waals surface area contributed by atoms with E-state index in [4.69, 9.17) is 5.73 Å². The Kier molecular flexibility index (Phi) is 5.62. The van der Waals surface area contributed by atoms with E-state index in [0.29, 0.717) is 28.8 Å². The molecule has 2 aliphatic rings. The van der Waals surface area contributed by atoms with Crippen LogP contribution >= 0.6 is 11.8 Å². The van der Waals surface area contributed by atoms with E-state index in [0.717, 1.165) is 17.3 Å². The fourth-order valence-electron chi connectivity index (χ4n) is 3.21. The molecule has 9 heteroatoms. The van der Waals surface area contributed by atoms with E-state index >= 15 is 0 Å². The van der Waals surface area contributed by atoms with Gasteiger partial charge in [0.05, 0.1) is 17.9 Å². The molecule has 0 bridgehead atoms. The number of aliphatic imine (C=N–C) groups is 2. The van der Waals surface area contributed by atoms with E-state index in [1.54, 1.807) is 0 Å². The van der Waals surface area contributed by atoms with E-state index in [1.807, 2.05) is 54.6 Å². The summed E-state index contributed by atoms with van der Waals surface area (Å²) in [5.74, 6) is -0.690. The Hall–Kier alpha value is -3.46. The van der Waals surface area contributed by atoms with Crippen LogP contribution in [0, 0.1) is 0 Å². The van der Waals surface area contributed by atoms with Crippen molar-refractivity contribution in [2.75, 3.05) is 5.75 Å². The van der Waals surface area contributed by atoms with Crippen molar-refractivity contribution in [3.05, 3.63) is 65.7 Å². The number of amides is 3. The van der Waals surface area contributed by atoms with Gasteiger partial charge in [-0.25, -0.2) is 9.89 Å². The summed E-state index contributed by atoms with van der Waals surface area (Å²) in [6, 6.07) is 16.0. The normalized spacial score (nSPS) is 17.0. The predicted molar refractivity (Wildman–Crippen MR) is 115 cm³/mol. The van der Waals surface area contributed by atoms with Gasteiger partial charge in [0.15, 0.2) is 5.17 Å². The Balaban J connectivity index is 1.52. The maximum absolute atomic E-state index is 13.0. The zero-order chi connectivity index (χ0) is 21.1. The SMILES string of the molecule is NC(=O)CSC1=Nc2ccccc2C2=NC(CC(=O)NCc3ccccc3)C(=O)N12. The highest BCUT2D eigenvalue weighted by Gasteiger charge is 2.42. The van der Waals surface area contributed by atoms with Crippen LogP contribution < -0.4 is 11.1 Å². The second-order valence-electron chi connectivity index (χ2n) is 6.78. The largest absolute Gasteiger partial charge is 0.369 e. The number of rotatable bonds is 6. The zero-order valence-corrected chi connectivity index (χ0v) is 16.8. The summed E-state index contributed by atoms with van der Waals surface area (Å²) < 4.78 is 0. The first-order chi connectivity index (χ1) is 14.5. The molecule has 0 saturated carbocycles. The van der Waals surface area contributed by atoms with Crippen molar-refractivity contribution in [3.63, 3.8) is 0 Å². The Morgan fingerprint density at radius 1 is 1.10 bits per heavy atom. The average Bonchev–Trinajstić information content (AvgIpc) is 3.08. The molecule has 152 valence electrons. The molecule has 2 aromatic carbocycles. The Labute approximate surface area is 177 Å². The van der Waals surface area contributed by atoms with E-state index in [1.165, 1.54) is 4.90 Å². The number of nitrogens with one attached hydrogen (secondary N) is 1. The lowest BCUT2D eigenvalue weighted by molar-refractivity contribution is -0.128. The second-order valence-corrected chi connectivity index (χ2v) is 7.72. The summed E-state index contributed by atoms with van der Waals surface area (Å²) in [6.07, 6.45) is -0.0679. The first-order valence-electron chi connectivity index (χ1n) is 9.34. The number of para-hydroxylation sites is 1. The molecule has 3 N–H and O–H groups in total. The van der Waals surface area contributed by atoms with Crippen LogP contribution in [0.4, 0.5) is 5.69 Å². The predicted octanol–water partition coefficient (Wildman–Crippen LogP) is 1.57. The van der Waals surface area contributed by atoms with Crippen molar-refractivity contribution in [1.82, 2.24) is 10.2 Å². The van der Waals surface area contributed by atoms with Gasteiger partial charge in [-0.15, -0.1) is 0 Å². The minimum atomic E-state index is -0.846. The highest BCUT2D eigenvalue weighted by atomic mass is 32.2. The minimum absolute atomic E-state index is 0.0136. The van der Waals surface area contributed by atoms with Gasteiger partial charge in [-0.05, 0) is 17.7 Å². The van der Waals surface area contributed by atoms with Gasteiger partial charge in [-0.2, -0.15) is 0 Å². The molecule has 2 aliphatic heterocycles. The molecule has 0 radical (unpaired) electrons. The van der Waals surface area contributed by atoms with Gasteiger partial charge >= 0.3 is 0 Å². The molecule has 3 amide bonds. The van der Waals surface area contributed by atoms with Gasteiger partial charge in [0.1, 0.15) is 11.9 Å². The average molecular weight is 421 g/mol. The lowest BCUT2D eigenvalue weighted by Gasteiger charge is -2.25. The number of nitrogens with zero attached hydrogens (tertiary/aromatic N) is 3. The molecule has 0 saturated heterocycles. The summed E-state index contributed by atoms with van der Waals surface area (Å²) in [4.78, 5) is 47.1. The van der Waals surface area contributed by atoms with Crippen molar-refractivity contribution in [1.29, 1.82) is 0 Å². The van der Waals surface area contributed by atoms with Gasteiger partial charge in [-0.3, -0.25) is 19.4 Å². The zero-order valence-electron chi connectivity index (χ0n) is 15.9. The van der Waals surface area contributed by atoms with E-state index in [9.17, 15) is 14.4 Å². The first-order valence-corrected chi connectivity index (χ1v) is 10.3. The lowest BCUT2D eigenvalue weighted by Crippen LogP contribution is -2.42. The van der Waals surface area contributed by atoms with E-state index in [2.05, 4.69) is 15.3 Å². The third-order valence-corrected chi connectivity index (χ3v) is 5.56. The Bertz CT molecular complexity index is 1070. The summed E-state index contributed by atoms with van der Waals surface area (Å²) in [5, 5.41) is 3.16. The molecule has 4 rings (SSSR count). The monoisotopic (exact) mass is 421 g/mol. The van der Waals surface area contributed by atoms with Gasteiger partial charge in [-0.1, -0.05) is 54.2 Å². The maximum Gasteiger partial charge on any atom is 0.259 e. The van der Waals surface area contributed by atoms with Crippen molar-refractivity contribution < 1.29 is 14.4 Å². The minimum Gasteiger partial charge on any atom is -0.369 e. The van der Waals surface area contributed by atoms with Crippen molar-refractivity contribution in [3.8, 4) is 0 Å². The molecule has 8 nitrogen and oxygen atoms in total. The van der Waals surface area contributed by atoms with Gasteiger partial charge in [0.2, 0.25) is 11.8 Å². The molecule has 2 heterocycles. The summed E-state index contributed by atoms with van der Waals surface area (Å²) in [5.41, 5.74) is 7.58. The molecule has 30 heavy (non-hydrogen) atoms. The molecule has 1 unspecified atom stereocenters. The van der Waals surface area contributed by atoms with Crippen molar-refractivity contribution in [2.24, 2.45) is 15.7 Å². The molecule has 1 atom stereocenters. The Morgan fingerprint density at radius 2 is 1.83 bits per heavy atom. The fraction of sp³-hybridized carbons (Fsp3) is 0.190. The number of nitrogens with two attached hydrogens (primary N) is 1. The highest BCUT2D eigenvalue weighted by Crippen LogP contribution is 2.33. The molecule has 0 spiro atoms. The van der Waals surface area contributed by atoms with E-state index in [-0.39, 0.29) is 24.0 Å². The number of amidine groups is 2. The molecule has 0 fully saturated rings. The van der Waals surface area contributed by atoms with Gasteiger partial charge in [0, 0.05) is 12.1 Å². The van der Waals surface area contributed by atoms with Crippen LogP contribution in [0.2, 0.25) is 0 Å². The number of hydrogen-bond donors (Lipinski definition) is 2. The first kappa shape index (κ1) is 19.8. The highest BCUT2D eigenvalue weighted by molar-refractivity contribution is 8.14. The summed E-state index contributed by atoms with van der Waals surface area (Å²) in [6.45, 7) is 0.380. The van der Waals surface area contributed by atoms with Crippen LogP contribution in [-0.4, -0.2) is 45.4 Å². The van der Waals surface area contributed by atoms with Crippen molar-refractivity contribution in [2.45, 2.75) is 19.0 Å². The quantitative estimate of drug-likeness (QED) is 0.736. The number of benzene rings is 2. The topological polar surface area (TPSA) is 117 Å². The van der Waals surface area contributed by atoms with Gasteiger partial charge < -0.3 is 11.1 Å². The number of fused-ring (bicyclic) bond motifs is 3. The third-order valence-electron chi connectivity index (χ3n) is 4.60. The van der Waals surface area contributed by atoms with Crippen LogP contribution in [-0.2, 0) is 20.9 Å². The molecular formula is C21H19N5O3S. The molecule has 2 aromatic rings. The third kappa shape index (κ3) is 4.11. The van der Waals surface area contributed by atoms with Crippen LogP contribution in [0.3, 0.4) is 0 Å². The van der Waals surface area contributed by atoms with Crippen LogP contribution in [0.5, 0.6) is 0 Å². The van der Waals surface area contributed by atoms with Crippen molar-refractivity contribution >= 4 is 46.2 Å².